The van der Waals surface area contributed by atoms with Crippen molar-refractivity contribution in [1.29, 1.82) is 0 Å². The van der Waals surface area contributed by atoms with Crippen molar-refractivity contribution in [3.05, 3.63) is 60.2 Å². The molecule has 24 heavy (non-hydrogen) atoms. The summed E-state index contributed by atoms with van der Waals surface area (Å²) in [5.74, 6) is -0.712. The van der Waals surface area contributed by atoms with E-state index in [1.807, 2.05) is 30.3 Å². The average Bonchev–Trinajstić information content (AvgIpc) is 3.22. The maximum absolute atomic E-state index is 11.8. The molecule has 0 aliphatic heterocycles. The molecular formula is C15H12N2O6S. The summed E-state index contributed by atoms with van der Waals surface area (Å²) >= 11 is 0. The van der Waals surface area contributed by atoms with Gasteiger partial charge in [0.1, 0.15) is 18.6 Å². The van der Waals surface area contributed by atoms with Crippen molar-refractivity contribution >= 4 is 16.0 Å². The molecule has 2 aromatic heterocycles. The molecule has 0 aliphatic rings. The van der Waals surface area contributed by atoms with Gasteiger partial charge in [-0.3, -0.25) is 0 Å². The van der Waals surface area contributed by atoms with Crippen LogP contribution in [-0.4, -0.2) is 19.4 Å². The summed E-state index contributed by atoms with van der Waals surface area (Å²) in [4.78, 5) is 16.0. The Bertz CT molecular complexity index is 959. The maximum atomic E-state index is 11.8. The monoisotopic (exact) mass is 348 g/mol. The first-order valence-corrected chi connectivity index (χ1v) is 8.28. The summed E-state index contributed by atoms with van der Waals surface area (Å²) in [7, 11) is -4.01. The van der Waals surface area contributed by atoms with Gasteiger partial charge in [0.2, 0.25) is 16.7 Å². The third kappa shape index (κ3) is 3.53. The Morgan fingerprint density at radius 3 is 2.58 bits per heavy atom. The minimum absolute atomic E-state index is 0.152. The van der Waals surface area contributed by atoms with E-state index in [9.17, 15) is 13.2 Å². The van der Waals surface area contributed by atoms with Gasteiger partial charge in [-0.1, -0.05) is 18.2 Å². The lowest BCUT2D eigenvalue weighted by atomic mass is 10.2. The first kappa shape index (κ1) is 16.0. The van der Waals surface area contributed by atoms with Crippen LogP contribution in [-0.2, 0) is 21.4 Å². The molecule has 2 heterocycles. The van der Waals surface area contributed by atoms with Gasteiger partial charge >= 0.3 is 5.97 Å². The minimum atomic E-state index is -4.01. The van der Waals surface area contributed by atoms with Crippen LogP contribution in [0.4, 0.5) is 0 Å². The highest BCUT2D eigenvalue weighted by Crippen LogP contribution is 2.19. The molecule has 124 valence electrons. The molecule has 0 unspecified atom stereocenters. The molecule has 0 amide bonds. The van der Waals surface area contributed by atoms with Gasteiger partial charge in [-0.05, 0) is 24.3 Å². The normalized spacial score (nSPS) is 11.4. The van der Waals surface area contributed by atoms with E-state index in [0.29, 0.717) is 11.6 Å². The van der Waals surface area contributed by atoms with Gasteiger partial charge in [-0.15, -0.1) is 0 Å². The number of oxazole rings is 1. The van der Waals surface area contributed by atoms with E-state index >= 15 is 0 Å². The second-order valence-corrected chi connectivity index (χ2v) is 6.24. The molecule has 0 bridgehead atoms. The SMILES string of the molecule is NS(=O)(=O)c1ccc(C(=O)OCc2coc(-c3ccccc3)n2)o1. The van der Waals surface area contributed by atoms with Gasteiger partial charge in [-0.2, -0.15) is 0 Å². The number of rotatable bonds is 5. The molecule has 0 fully saturated rings. The van der Waals surface area contributed by atoms with E-state index in [2.05, 4.69) is 4.98 Å². The molecular weight excluding hydrogens is 336 g/mol. The molecule has 0 radical (unpaired) electrons. The van der Waals surface area contributed by atoms with Crippen LogP contribution in [0.1, 0.15) is 16.2 Å². The number of ether oxygens (including phenoxy) is 1. The van der Waals surface area contributed by atoms with Gasteiger partial charge in [-0.25, -0.2) is 23.3 Å². The van der Waals surface area contributed by atoms with Crippen molar-refractivity contribution in [3.8, 4) is 11.5 Å². The third-order valence-electron chi connectivity index (χ3n) is 2.99. The van der Waals surface area contributed by atoms with Crippen LogP contribution in [0.3, 0.4) is 0 Å². The van der Waals surface area contributed by atoms with Crippen LogP contribution in [0.5, 0.6) is 0 Å². The van der Waals surface area contributed by atoms with E-state index in [-0.39, 0.29) is 12.4 Å². The number of primary sulfonamides is 1. The Balaban J connectivity index is 1.65. The second kappa shape index (κ2) is 6.30. The Morgan fingerprint density at radius 2 is 1.92 bits per heavy atom. The topological polar surface area (TPSA) is 126 Å². The zero-order valence-electron chi connectivity index (χ0n) is 12.2. The number of carbonyl (C=O) groups excluding carboxylic acids is 1. The Labute approximate surface area is 136 Å². The highest BCUT2D eigenvalue weighted by Gasteiger charge is 2.19. The third-order valence-corrected chi connectivity index (χ3v) is 3.77. The number of nitrogens with zero attached hydrogens (tertiary/aromatic N) is 1. The fraction of sp³-hybridized carbons (Fsp3) is 0.0667. The van der Waals surface area contributed by atoms with Crippen LogP contribution in [0.2, 0.25) is 0 Å². The lowest BCUT2D eigenvalue weighted by molar-refractivity contribution is 0.0425. The minimum Gasteiger partial charge on any atom is -0.453 e. The Kier molecular flexibility index (Phi) is 4.19. The molecule has 0 aliphatic carbocycles. The number of benzene rings is 1. The van der Waals surface area contributed by atoms with Crippen LogP contribution >= 0.6 is 0 Å². The summed E-state index contributed by atoms with van der Waals surface area (Å²) < 4.78 is 37.3. The van der Waals surface area contributed by atoms with Crippen molar-refractivity contribution < 1.29 is 26.8 Å². The maximum Gasteiger partial charge on any atom is 0.374 e. The number of hydrogen-bond acceptors (Lipinski definition) is 7. The molecule has 0 atom stereocenters. The standard InChI is InChI=1S/C15H12N2O6S/c16-24(19,20)13-7-6-12(23-13)15(18)22-9-11-8-21-14(17-11)10-4-2-1-3-5-10/h1-8H,9H2,(H2,16,19,20). The molecule has 8 nitrogen and oxygen atoms in total. The lowest BCUT2D eigenvalue weighted by Crippen LogP contribution is -2.11. The molecule has 1 aromatic carbocycles. The zero-order valence-corrected chi connectivity index (χ0v) is 13.0. The summed E-state index contributed by atoms with van der Waals surface area (Å²) in [6.07, 6.45) is 1.37. The van der Waals surface area contributed by atoms with E-state index in [1.54, 1.807) is 0 Å². The first-order valence-electron chi connectivity index (χ1n) is 6.73. The summed E-state index contributed by atoms with van der Waals surface area (Å²) in [6.45, 7) is -0.152. The summed E-state index contributed by atoms with van der Waals surface area (Å²) in [5.41, 5.74) is 1.19. The molecule has 3 rings (SSSR count). The number of hydrogen-bond donors (Lipinski definition) is 1. The van der Waals surface area contributed by atoms with Crippen molar-refractivity contribution in [3.63, 3.8) is 0 Å². The van der Waals surface area contributed by atoms with Crippen molar-refractivity contribution in [1.82, 2.24) is 4.98 Å². The Hall–Kier alpha value is -2.91. The molecule has 9 heteroatoms. The quantitative estimate of drug-likeness (QED) is 0.698. The predicted octanol–water partition coefficient (Wildman–Crippen LogP) is 1.94. The first-order chi connectivity index (χ1) is 11.4. The number of esters is 1. The molecule has 0 saturated heterocycles. The van der Waals surface area contributed by atoms with E-state index in [1.165, 1.54) is 12.3 Å². The molecule has 0 saturated carbocycles. The number of nitrogens with two attached hydrogens (primary N) is 1. The van der Waals surface area contributed by atoms with Gasteiger partial charge in [0.15, 0.2) is 0 Å². The predicted molar refractivity (Wildman–Crippen MR) is 81.1 cm³/mol. The second-order valence-electron chi connectivity index (χ2n) is 4.75. The highest BCUT2D eigenvalue weighted by molar-refractivity contribution is 7.89. The Morgan fingerprint density at radius 1 is 1.17 bits per heavy atom. The van der Waals surface area contributed by atoms with E-state index in [0.717, 1.165) is 11.6 Å². The van der Waals surface area contributed by atoms with E-state index in [4.69, 9.17) is 18.7 Å². The van der Waals surface area contributed by atoms with Gasteiger partial charge < -0.3 is 13.6 Å². The lowest BCUT2D eigenvalue weighted by Gasteiger charge is -1.99. The van der Waals surface area contributed by atoms with Gasteiger partial charge in [0.05, 0.1) is 0 Å². The number of carbonyl (C=O) groups is 1. The van der Waals surface area contributed by atoms with Gasteiger partial charge in [0.25, 0.3) is 10.0 Å². The van der Waals surface area contributed by atoms with Crippen LogP contribution in [0.15, 0.2) is 62.7 Å². The van der Waals surface area contributed by atoms with Gasteiger partial charge in [0, 0.05) is 5.56 Å². The van der Waals surface area contributed by atoms with Crippen molar-refractivity contribution in [2.45, 2.75) is 11.7 Å². The molecule has 2 N–H and O–H groups in total. The summed E-state index contributed by atoms with van der Waals surface area (Å²) in [5, 5.41) is 4.39. The largest absolute Gasteiger partial charge is 0.453 e. The summed E-state index contributed by atoms with van der Waals surface area (Å²) in [6, 6.07) is 11.5. The number of furan rings is 1. The van der Waals surface area contributed by atoms with Crippen LogP contribution in [0.25, 0.3) is 11.5 Å². The molecule has 0 spiro atoms. The average molecular weight is 348 g/mol. The highest BCUT2D eigenvalue weighted by atomic mass is 32.2. The van der Waals surface area contributed by atoms with Crippen molar-refractivity contribution in [2.24, 2.45) is 5.14 Å². The fourth-order valence-electron chi connectivity index (χ4n) is 1.88. The number of aromatic nitrogens is 1. The van der Waals surface area contributed by atoms with Crippen LogP contribution in [0, 0.1) is 0 Å². The zero-order chi connectivity index (χ0) is 17.2. The van der Waals surface area contributed by atoms with Crippen LogP contribution < -0.4 is 5.14 Å². The van der Waals surface area contributed by atoms with E-state index < -0.39 is 21.1 Å². The molecule has 3 aromatic rings. The fourth-order valence-corrected chi connectivity index (χ4v) is 2.34. The van der Waals surface area contributed by atoms with Crippen molar-refractivity contribution in [2.75, 3.05) is 0 Å². The number of sulfonamides is 1. The smallest absolute Gasteiger partial charge is 0.374 e.